The van der Waals surface area contributed by atoms with Crippen molar-refractivity contribution >= 4 is 40.3 Å². The third-order valence-electron chi connectivity index (χ3n) is 4.85. The largest absolute Gasteiger partial charge is 0.454 e. The lowest BCUT2D eigenvalue weighted by atomic mass is 9.99. The molecule has 1 atom stereocenters. The van der Waals surface area contributed by atoms with Crippen LogP contribution in [-0.2, 0) is 14.3 Å². The van der Waals surface area contributed by atoms with Crippen LogP contribution in [0.4, 0.5) is 5.69 Å². The van der Waals surface area contributed by atoms with E-state index in [9.17, 15) is 14.4 Å². The van der Waals surface area contributed by atoms with Crippen LogP contribution < -0.4 is 5.32 Å². The molecule has 0 bridgehead atoms. The summed E-state index contributed by atoms with van der Waals surface area (Å²) in [7, 11) is 0. The van der Waals surface area contributed by atoms with Crippen LogP contribution in [0.3, 0.4) is 0 Å². The topological polar surface area (TPSA) is 85.4 Å². The van der Waals surface area contributed by atoms with E-state index in [0.29, 0.717) is 16.9 Å². The summed E-state index contributed by atoms with van der Waals surface area (Å²) in [6.07, 6.45) is 2.80. The minimum absolute atomic E-state index is 0.0940. The number of carbonyl (C=O) groups is 3. The van der Waals surface area contributed by atoms with Crippen LogP contribution in [0.1, 0.15) is 34.5 Å². The van der Waals surface area contributed by atoms with E-state index in [1.54, 1.807) is 37.3 Å². The van der Waals surface area contributed by atoms with Crippen molar-refractivity contribution in [2.75, 3.05) is 11.9 Å². The molecule has 6 heteroatoms. The molecule has 0 saturated heterocycles. The zero-order valence-electron chi connectivity index (χ0n) is 15.7. The van der Waals surface area contributed by atoms with Crippen molar-refractivity contribution in [1.82, 2.24) is 4.98 Å². The minimum Gasteiger partial charge on any atom is -0.454 e. The zero-order valence-corrected chi connectivity index (χ0v) is 15.7. The molecule has 29 heavy (non-hydrogen) atoms. The van der Waals surface area contributed by atoms with E-state index in [2.05, 4.69) is 10.3 Å². The number of ether oxygens (including phenoxy) is 1. The molecule has 144 valence electrons. The van der Waals surface area contributed by atoms with Crippen LogP contribution in [0, 0.1) is 0 Å². The van der Waals surface area contributed by atoms with Crippen molar-refractivity contribution in [2.24, 2.45) is 0 Å². The van der Waals surface area contributed by atoms with E-state index in [0.717, 1.165) is 16.5 Å². The van der Waals surface area contributed by atoms with Gasteiger partial charge in [-0.3, -0.25) is 9.59 Å². The second-order valence-corrected chi connectivity index (χ2v) is 6.81. The molecule has 3 aromatic rings. The third kappa shape index (κ3) is 3.91. The number of fused-ring (bicyclic) bond motifs is 2. The summed E-state index contributed by atoms with van der Waals surface area (Å²) in [6, 6.07) is 16.4. The Hall–Kier alpha value is -3.80. The molecule has 1 aromatic heterocycles. The van der Waals surface area contributed by atoms with E-state index < -0.39 is 5.97 Å². The Morgan fingerprint density at radius 2 is 1.97 bits per heavy atom. The SMILES string of the molecule is C[C@H]1C(=O)Nc2ccc(C(=O)COC(=O)/C=C/c3ccc4ccccc4n3)cc21. The molecule has 1 aliphatic heterocycles. The van der Waals surface area contributed by atoms with Gasteiger partial charge >= 0.3 is 5.97 Å². The Labute approximate surface area is 167 Å². The monoisotopic (exact) mass is 386 g/mol. The smallest absolute Gasteiger partial charge is 0.331 e. The number of rotatable bonds is 5. The number of benzene rings is 2. The number of Topliss-reactive ketones (excluding diaryl/α,β-unsaturated/α-hetero) is 1. The lowest BCUT2D eigenvalue weighted by Gasteiger charge is -2.06. The molecule has 0 radical (unpaired) electrons. The van der Waals surface area contributed by atoms with Crippen LogP contribution >= 0.6 is 0 Å². The summed E-state index contributed by atoms with van der Waals surface area (Å²) in [5.41, 5.74) is 3.34. The number of hydrogen-bond acceptors (Lipinski definition) is 5. The number of nitrogens with one attached hydrogen (secondary N) is 1. The molecule has 0 spiro atoms. The highest BCUT2D eigenvalue weighted by molar-refractivity contribution is 6.05. The van der Waals surface area contributed by atoms with Crippen molar-refractivity contribution in [3.63, 3.8) is 0 Å². The van der Waals surface area contributed by atoms with E-state index in [4.69, 9.17) is 4.74 Å². The first kappa shape index (κ1) is 18.6. The van der Waals surface area contributed by atoms with Crippen LogP contribution in [-0.4, -0.2) is 29.3 Å². The molecule has 0 unspecified atom stereocenters. The standard InChI is InChI=1S/C23H18N2O4/c1-14-18-12-16(7-10-20(18)25-23(14)28)21(26)13-29-22(27)11-9-17-8-6-15-4-2-3-5-19(15)24-17/h2-12,14H,13H2,1H3,(H,25,28)/b11-9+/t14-/m1/s1. The highest BCUT2D eigenvalue weighted by atomic mass is 16.5. The fraction of sp³-hybridized carbons (Fsp3) is 0.130. The van der Waals surface area contributed by atoms with Crippen molar-refractivity contribution in [2.45, 2.75) is 12.8 Å². The van der Waals surface area contributed by atoms with Crippen LogP contribution in [0.15, 0.2) is 60.7 Å². The predicted octanol–water partition coefficient (Wildman–Crippen LogP) is 3.73. The van der Waals surface area contributed by atoms with Gasteiger partial charge in [0.25, 0.3) is 0 Å². The highest BCUT2D eigenvalue weighted by Gasteiger charge is 2.27. The number of pyridine rings is 1. The number of nitrogens with zero attached hydrogens (tertiary/aromatic N) is 1. The van der Waals surface area contributed by atoms with Crippen molar-refractivity contribution in [3.8, 4) is 0 Å². The van der Waals surface area contributed by atoms with Gasteiger partial charge in [-0.15, -0.1) is 0 Å². The minimum atomic E-state index is -0.625. The fourth-order valence-corrected chi connectivity index (χ4v) is 3.19. The maximum absolute atomic E-state index is 12.3. The predicted molar refractivity (Wildman–Crippen MR) is 110 cm³/mol. The zero-order chi connectivity index (χ0) is 20.4. The van der Waals surface area contributed by atoms with Crippen LogP contribution in [0.2, 0.25) is 0 Å². The van der Waals surface area contributed by atoms with Gasteiger partial charge in [-0.05, 0) is 48.9 Å². The van der Waals surface area contributed by atoms with Gasteiger partial charge in [-0.25, -0.2) is 9.78 Å². The van der Waals surface area contributed by atoms with Gasteiger partial charge in [-0.2, -0.15) is 0 Å². The van der Waals surface area contributed by atoms with Crippen LogP contribution in [0.25, 0.3) is 17.0 Å². The number of para-hydroxylation sites is 1. The second kappa shape index (κ2) is 7.67. The maximum Gasteiger partial charge on any atom is 0.331 e. The normalized spacial score (nSPS) is 15.3. The van der Waals surface area contributed by atoms with E-state index >= 15 is 0 Å². The van der Waals surface area contributed by atoms with Gasteiger partial charge in [0, 0.05) is 22.7 Å². The number of anilines is 1. The van der Waals surface area contributed by atoms with Gasteiger partial charge in [0.1, 0.15) is 0 Å². The fourth-order valence-electron chi connectivity index (χ4n) is 3.19. The van der Waals surface area contributed by atoms with Gasteiger partial charge < -0.3 is 10.1 Å². The van der Waals surface area contributed by atoms with E-state index in [-0.39, 0.29) is 24.2 Å². The first-order valence-corrected chi connectivity index (χ1v) is 9.20. The average molecular weight is 386 g/mol. The molecule has 2 aromatic carbocycles. The second-order valence-electron chi connectivity index (χ2n) is 6.81. The summed E-state index contributed by atoms with van der Waals surface area (Å²) in [4.78, 5) is 40.4. The number of esters is 1. The number of amides is 1. The molecule has 4 rings (SSSR count). The molecule has 1 aliphatic rings. The van der Waals surface area contributed by atoms with Gasteiger partial charge in [0.15, 0.2) is 12.4 Å². The van der Waals surface area contributed by atoms with Crippen molar-refractivity contribution in [1.29, 1.82) is 0 Å². The quantitative estimate of drug-likeness (QED) is 0.410. The third-order valence-corrected chi connectivity index (χ3v) is 4.85. The highest BCUT2D eigenvalue weighted by Crippen LogP contribution is 2.32. The molecule has 0 fully saturated rings. The van der Waals surface area contributed by atoms with Gasteiger partial charge in [0.2, 0.25) is 5.91 Å². The molecule has 1 N–H and O–H groups in total. The first-order chi connectivity index (χ1) is 14.0. The number of ketones is 1. The van der Waals surface area contributed by atoms with Crippen LogP contribution in [0.5, 0.6) is 0 Å². The van der Waals surface area contributed by atoms with E-state index in [1.165, 1.54) is 6.08 Å². The van der Waals surface area contributed by atoms with Gasteiger partial charge in [0.05, 0.1) is 17.1 Å². The molecule has 0 aliphatic carbocycles. The molecule has 0 saturated carbocycles. The lowest BCUT2D eigenvalue weighted by molar-refractivity contribution is -0.136. The first-order valence-electron chi connectivity index (χ1n) is 9.20. The summed E-state index contributed by atoms with van der Waals surface area (Å²) in [6.45, 7) is 1.41. The number of hydrogen-bond donors (Lipinski definition) is 1. The van der Waals surface area contributed by atoms with Crippen molar-refractivity contribution < 1.29 is 19.1 Å². The van der Waals surface area contributed by atoms with Crippen molar-refractivity contribution in [3.05, 3.63) is 77.5 Å². The number of aromatic nitrogens is 1. The summed E-state index contributed by atoms with van der Waals surface area (Å²) >= 11 is 0. The summed E-state index contributed by atoms with van der Waals surface area (Å²) < 4.78 is 5.05. The summed E-state index contributed by atoms with van der Waals surface area (Å²) in [5, 5.41) is 3.77. The Balaban J connectivity index is 1.37. The average Bonchev–Trinajstić information content (AvgIpc) is 3.03. The molecule has 6 nitrogen and oxygen atoms in total. The molecule has 2 heterocycles. The number of carbonyl (C=O) groups excluding carboxylic acids is 3. The van der Waals surface area contributed by atoms with Gasteiger partial charge in [-0.1, -0.05) is 24.3 Å². The molecular weight excluding hydrogens is 368 g/mol. The summed E-state index contributed by atoms with van der Waals surface area (Å²) in [5.74, 6) is -1.36. The Kier molecular flexibility index (Phi) is 4.91. The maximum atomic E-state index is 12.3. The Morgan fingerprint density at radius 1 is 1.14 bits per heavy atom. The Bertz CT molecular complexity index is 1170. The lowest BCUT2D eigenvalue weighted by Crippen LogP contribution is -2.13. The molecule has 1 amide bonds. The Morgan fingerprint density at radius 3 is 2.83 bits per heavy atom. The molecular formula is C23H18N2O4. The van der Waals surface area contributed by atoms with E-state index in [1.807, 2.05) is 30.3 Å².